The van der Waals surface area contributed by atoms with Crippen LogP contribution in [0.4, 0.5) is 5.69 Å². The van der Waals surface area contributed by atoms with Crippen molar-refractivity contribution in [3.63, 3.8) is 0 Å². The molecule has 0 aliphatic carbocycles. The van der Waals surface area contributed by atoms with E-state index in [1.807, 2.05) is 39.0 Å². The first-order valence-electron chi connectivity index (χ1n) is 9.14. The van der Waals surface area contributed by atoms with Gasteiger partial charge >= 0.3 is 5.76 Å². The first-order valence-corrected chi connectivity index (χ1v) is 9.14. The van der Waals surface area contributed by atoms with Gasteiger partial charge in [-0.1, -0.05) is 39.0 Å². The van der Waals surface area contributed by atoms with E-state index in [-0.39, 0.29) is 17.9 Å². The maximum atomic E-state index is 12.4. The van der Waals surface area contributed by atoms with Crippen LogP contribution in [0.15, 0.2) is 62.2 Å². The molecule has 29 heavy (non-hydrogen) atoms. The second-order valence-corrected chi connectivity index (χ2v) is 7.70. The lowest BCUT2D eigenvalue weighted by Crippen LogP contribution is -2.25. The molecule has 0 aliphatic rings. The van der Waals surface area contributed by atoms with Crippen molar-refractivity contribution in [3.8, 4) is 11.5 Å². The molecule has 2 aromatic carbocycles. The van der Waals surface area contributed by atoms with E-state index >= 15 is 0 Å². The van der Waals surface area contributed by atoms with Crippen LogP contribution < -0.4 is 11.1 Å². The summed E-state index contributed by atoms with van der Waals surface area (Å²) in [5.41, 5.74) is 2.30. The van der Waals surface area contributed by atoms with Gasteiger partial charge in [0.2, 0.25) is 17.7 Å². The summed E-state index contributed by atoms with van der Waals surface area (Å²) in [5, 5.41) is 6.84. The molecule has 0 radical (unpaired) electrons. The third-order valence-corrected chi connectivity index (χ3v) is 4.23. The van der Waals surface area contributed by atoms with Gasteiger partial charge in [-0.15, -0.1) is 5.10 Å². The first kappa shape index (κ1) is 18.7. The Morgan fingerprint density at radius 3 is 2.59 bits per heavy atom. The quantitative estimate of drug-likeness (QED) is 0.569. The lowest BCUT2D eigenvalue weighted by atomic mass is 9.97. The zero-order valence-electron chi connectivity index (χ0n) is 16.3. The first-order chi connectivity index (χ1) is 13.8. The highest BCUT2D eigenvalue weighted by atomic mass is 16.4. The predicted octanol–water partition coefficient (Wildman–Crippen LogP) is 3.58. The van der Waals surface area contributed by atoms with Crippen molar-refractivity contribution < 1.29 is 13.6 Å². The van der Waals surface area contributed by atoms with E-state index in [4.69, 9.17) is 8.83 Å². The van der Waals surface area contributed by atoms with Crippen molar-refractivity contribution in [2.45, 2.75) is 32.7 Å². The number of oxazole rings is 1. The number of hydrogen-bond acceptors (Lipinski definition) is 6. The van der Waals surface area contributed by atoms with Gasteiger partial charge in [-0.25, -0.2) is 9.78 Å². The van der Waals surface area contributed by atoms with Crippen LogP contribution in [0.3, 0.4) is 0 Å². The second kappa shape index (κ2) is 7.05. The van der Waals surface area contributed by atoms with Crippen LogP contribution >= 0.6 is 0 Å². The maximum Gasteiger partial charge on any atom is 0.437 e. The number of benzene rings is 2. The molecule has 0 fully saturated rings. The van der Waals surface area contributed by atoms with Crippen molar-refractivity contribution in [3.05, 3.63) is 65.0 Å². The van der Waals surface area contributed by atoms with Crippen LogP contribution in [-0.2, 0) is 16.8 Å². The molecule has 0 saturated heterocycles. The van der Waals surface area contributed by atoms with E-state index in [0.717, 1.165) is 4.68 Å². The van der Waals surface area contributed by atoms with E-state index in [1.54, 1.807) is 30.3 Å². The van der Waals surface area contributed by atoms with E-state index in [1.165, 1.54) is 0 Å². The van der Waals surface area contributed by atoms with Gasteiger partial charge in [0.15, 0.2) is 5.58 Å². The number of aromatic nitrogens is 3. The zero-order valence-corrected chi connectivity index (χ0v) is 16.3. The second-order valence-electron chi connectivity index (χ2n) is 7.70. The minimum atomic E-state index is -0.694. The van der Waals surface area contributed by atoms with Crippen LogP contribution in [0.2, 0.25) is 0 Å². The van der Waals surface area contributed by atoms with Crippen molar-refractivity contribution in [1.29, 1.82) is 0 Å². The number of nitrogens with zero attached hydrogens (tertiary/aromatic N) is 3. The van der Waals surface area contributed by atoms with Gasteiger partial charge in [0.1, 0.15) is 12.1 Å². The minimum Gasteiger partial charge on any atom is -0.440 e. The summed E-state index contributed by atoms with van der Waals surface area (Å²) in [6.07, 6.45) is 0. The fraction of sp³-hybridized carbons (Fsp3) is 0.238. The zero-order chi connectivity index (χ0) is 20.6. The summed E-state index contributed by atoms with van der Waals surface area (Å²) < 4.78 is 11.9. The molecule has 0 spiro atoms. The fourth-order valence-electron chi connectivity index (χ4n) is 2.77. The molecule has 4 rings (SSSR count). The largest absolute Gasteiger partial charge is 0.440 e. The summed E-state index contributed by atoms with van der Waals surface area (Å²) in [6.45, 7) is 5.78. The van der Waals surface area contributed by atoms with Crippen molar-refractivity contribution in [2.24, 2.45) is 0 Å². The average molecular weight is 392 g/mol. The number of anilines is 1. The molecule has 8 heteroatoms. The molecular weight excluding hydrogens is 372 g/mol. The molecule has 1 N–H and O–H groups in total. The van der Waals surface area contributed by atoms with Gasteiger partial charge in [0.25, 0.3) is 0 Å². The van der Waals surface area contributed by atoms with Crippen LogP contribution in [0.1, 0.15) is 26.7 Å². The van der Waals surface area contributed by atoms with E-state index in [0.29, 0.717) is 28.2 Å². The number of amides is 1. The van der Waals surface area contributed by atoms with Crippen molar-refractivity contribution >= 4 is 22.7 Å². The summed E-state index contributed by atoms with van der Waals surface area (Å²) in [5.74, 6) is -0.305. The standard InChI is InChI=1S/C21H20N4O4/c1-21(2,3)19-23-15-11-14(9-10-16(15)28-19)22-17(26)12-25-20(27)29-18(24-25)13-7-5-4-6-8-13/h4-11H,12H2,1-3H3,(H,22,26). The summed E-state index contributed by atoms with van der Waals surface area (Å²) >= 11 is 0. The topological polar surface area (TPSA) is 103 Å². The Labute approximate surface area is 166 Å². The molecule has 4 aromatic rings. The smallest absolute Gasteiger partial charge is 0.437 e. The van der Waals surface area contributed by atoms with Crippen molar-refractivity contribution in [2.75, 3.05) is 5.32 Å². The Bertz CT molecular complexity index is 1230. The Morgan fingerprint density at radius 2 is 1.86 bits per heavy atom. The van der Waals surface area contributed by atoms with Gasteiger partial charge in [0, 0.05) is 16.7 Å². The highest BCUT2D eigenvalue weighted by Gasteiger charge is 2.21. The minimum absolute atomic E-state index is 0.169. The molecule has 148 valence electrons. The lowest BCUT2D eigenvalue weighted by Gasteiger charge is -2.11. The number of carbonyl (C=O) groups excluding carboxylic acids is 1. The van der Waals surface area contributed by atoms with Gasteiger partial charge < -0.3 is 14.2 Å². The van der Waals surface area contributed by atoms with Crippen LogP contribution in [0.25, 0.3) is 22.6 Å². The Kier molecular flexibility index (Phi) is 4.54. The van der Waals surface area contributed by atoms with Gasteiger partial charge in [-0.05, 0) is 30.3 Å². The maximum absolute atomic E-state index is 12.4. The van der Waals surface area contributed by atoms with Crippen LogP contribution in [-0.4, -0.2) is 20.7 Å². The molecule has 0 bridgehead atoms. The number of hydrogen-bond donors (Lipinski definition) is 1. The fourth-order valence-corrected chi connectivity index (χ4v) is 2.77. The Hall–Kier alpha value is -3.68. The molecule has 2 heterocycles. The van der Waals surface area contributed by atoms with Gasteiger partial charge in [-0.3, -0.25) is 4.79 Å². The van der Waals surface area contributed by atoms with Gasteiger partial charge in [-0.2, -0.15) is 4.68 Å². The normalized spacial score (nSPS) is 11.7. The highest BCUT2D eigenvalue weighted by molar-refractivity contribution is 5.92. The molecule has 8 nitrogen and oxygen atoms in total. The summed E-state index contributed by atoms with van der Waals surface area (Å²) in [6, 6.07) is 14.2. The number of carbonyl (C=O) groups is 1. The van der Waals surface area contributed by atoms with Crippen molar-refractivity contribution in [1.82, 2.24) is 14.8 Å². The molecule has 2 aromatic heterocycles. The third-order valence-electron chi connectivity index (χ3n) is 4.23. The summed E-state index contributed by atoms with van der Waals surface area (Å²) in [7, 11) is 0. The molecule has 0 aliphatic heterocycles. The lowest BCUT2D eigenvalue weighted by molar-refractivity contribution is -0.117. The molecule has 1 amide bonds. The molecule has 0 saturated carbocycles. The van der Waals surface area contributed by atoms with Crippen LogP contribution in [0, 0.1) is 0 Å². The van der Waals surface area contributed by atoms with E-state index in [2.05, 4.69) is 15.4 Å². The third kappa shape index (κ3) is 3.96. The summed E-state index contributed by atoms with van der Waals surface area (Å²) in [4.78, 5) is 28.9. The number of nitrogens with one attached hydrogen (secondary N) is 1. The van der Waals surface area contributed by atoms with E-state index in [9.17, 15) is 9.59 Å². The van der Waals surface area contributed by atoms with Gasteiger partial charge in [0.05, 0.1) is 0 Å². The predicted molar refractivity (Wildman–Crippen MR) is 108 cm³/mol. The molecule has 0 unspecified atom stereocenters. The Morgan fingerprint density at radius 1 is 1.10 bits per heavy atom. The Balaban J connectivity index is 1.50. The monoisotopic (exact) mass is 392 g/mol. The number of fused-ring (bicyclic) bond motifs is 1. The highest BCUT2D eigenvalue weighted by Crippen LogP contribution is 2.27. The molecular formula is C21H20N4O4. The average Bonchev–Trinajstić information content (AvgIpc) is 3.26. The number of rotatable bonds is 4. The molecule has 0 atom stereocenters. The van der Waals surface area contributed by atoms with Crippen LogP contribution in [0.5, 0.6) is 0 Å². The van der Waals surface area contributed by atoms with E-state index < -0.39 is 11.7 Å². The SMILES string of the molecule is CC(C)(C)c1nc2cc(NC(=O)Cn3nc(-c4ccccc4)oc3=O)ccc2o1.